The summed E-state index contributed by atoms with van der Waals surface area (Å²) >= 11 is 0. The normalized spacial score (nSPS) is 16.2. The van der Waals surface area contributed by atoms with Gasteiger partial charge >= 0.3 is 5.97 Å². The molecule has 2 aromatic heterocycles. The Morgan fingerprint density at radius 3 is 2.38 bits per heavy atom. The molecule has 0 spiro atoms. The Morgan fingerprint density at radius 1 is 1.00 bits per heavy atom. The highest BCUT2D eigenvalue weighted by Crippen LogP contribution is 2.26. The van der Waals surface area contributed by atoms with Crippen LogP contribution in [0.2, 0.25) is 0 Å². The van der Waals surface area contributed by atoms with E-state index in [1.165, 1.54) is 12.4 Å². The maximum absolute atomic E-state index is 12.9. The van der Waals surface area contributed by atoms with Crippen LogP contribution in [0.15, 0.2) is 42.7 Å². The molecule has 0 unspecified atom stereocenters. The number of anilines is 2. The SMILES string of the molecule is Cc1c(C(=O)c2ccccc2)nnc(N2CCN(c3cnc(C(=O)O)cn3)[C@H](C)C2)c1C. The van der Waals surface area contributed by atoms with Gasteiger partial charge in [-0.15, -0.1) is 10.2 Å². The molecular weight excluding hydrogens is 408 g/mol. The minimum Gasteiger partial charge on any atom is -0.476 e. The van der Waals surface area contributed by atoms with Gasteiger partial charge in [-0.1, -0.05) is 30.3 Å². The van der Waals surface area contributed by atoms with Gasteiger partial charge in [-0.3, -0.25) is 4.79 Å². The maximum Gasteiger partial charge on any atom is 0.356 e. The molecule has 1 aliphatic rings. The molecule has 0 aliphatic carbocycles. The third kappa shape index (κ3) is 4.01. The molecule has 32 heavy (non-hydrogen) atoms. The molecule has 9 nitrogen and oxygen atoms in total. The zero-order valence-electron chi connectivity index (χ0n) is 18.2. The molecule has 1 aliphatic heterocycles. The van der Waals surface area contributed by atoms with E-state index >= 15 is 0 Å². The molecule has 3 aromatic rings. The summed E-state index contributed by atoms with van der Waals surface area (Å²) < 4.78 is 0. The van der Waals surface area contributed by atoms with E-state index < -0.39 is 5.97 Å². The Labute approximate surface area is 185 Å². The van der Waals surface area contributed by atoms with Gasteiger partial charge in [-0.05, 0) is 31.9 Å². The van der Waals surface area contributed by atoms with Gasteiger partial charge in [-0.2, -0.15) is 0 Å². The monoisotopic (exact) mass is 432 g/mol. The van der Waals surface area contributed by atoms with E-state index in [0.717, 1.165) is 16.9 Å². The standard InChI is InChI=1S/C23H24N6O3/c1-14-13-28(9-10-29(14)19-12-24-18(11-25-19)23(31)32)22-16(3)15(2)20(26-27-22)21(30)17-7-5-4-6-8-17/h4-8,11-12,14H,9-10,13H2,1-3H3,(H,31,32)/t14-/m1/s1. The Morgan fingerprint density at radius 2 is 1.75 bits per heavy atom. The van der Waals surface area contributed by atoms with Crippen LogP contribution >= 0.6 is 0 Å². The summed E-state index contributed by atoms with van der Waals surface area (Å²) in [7, 11) is 0. The number of carboxylic acids is 1. The van der Waals surface area contributed by atoms with E-state index in [9.17, 15) is 9.59 Å². The largest absolute Gasteiger partial charge is 0.476 e. The van der Waals surface area contributed by atoms with Crippen LogP contribution < -0.4 is 9.80 Å². The van der Waals surface area contributed by atoms with Crippen molar-refractivity contribution in [2.45, 2.75) is 26.8 Å². The van der Waals surface area contributed by atoms with Crippen molar-refractivity contribution >= 4 is 23.4 Å². The third-order valence-electron chi connectivity index (χ3n) is 5.83. The van der Waals surface area contributed by atoms with Crippen LogP contribution in [-0.4, -0.2) is 62.7 Å². The van der Waals surface area contributed by atoms with Crippen molar-refractivity contribution in [1.29, 1.82) is 0 Å². The zero-order chi connectivity index (χ0) is 22.8. The van der Waals surface area contributed by atoms with Gasteiger partial charge in [-0.25, -0.2) is 14.8 Å². The van der Waals surface area contributed by atoms with Crippen LogP contribution in [0.1, 0.15) is 44.6 Å². The van der Waals surface area contributed by atoms with E-state index in [-0.39, 0.29) is 17.5 Å². The highest BCUT2D eigenvalue weighted by molar-refractivity contribution is 6.08. The van der Waals surface area contributed by atoms with E-state index in [1.807, 2.05) is 32.0 Å². The first-order valence-electron chi connectivity index (χ1n) is 10.4. The number of carbonyl (C=O) groups is 2. The van der Waals surface area contributed by atoms with E-state index in [0.29, 0.717) is 36.7 Å². The molecule has 1 aromatic carbocycles. The van der Waals surface area contributed by atoms with Crippen molar-refractivity contribution in [2.24, 2.45) is 0 Å². The summed E-state index contributed by atoms with van der Waals surface area (Å²) in [6, 6.07) is 9.19. The molecule has 164 valence electrons. The number of carboxylic acid groups (broad SMARTS) is 1. The molecular formula is C23H24N6O3. The number of piperazine rings is 1. The number of ketones is 1. The highest BCUT2D eigenvalue weighted by Gasteiger charge is 2.28. The molecule has 0 saturated carbocycles. The number of aromatic nitrogens is 4. The average molecular weight is 432 g/mol. The van der Waals surface area contributed by atoms with Gasteiger partial charge in [0, 0.05) is 31.2 Å². The van der Waals surface area contributed by atoms with Gasteiger partial charge in [0.2, 0.25) is 5.78 Å². The van der Waals surface area contributed by atoms with Crippen molar-refractivity contribution in [1.82, 2.24) is 20.2 Å². The van der Waals surface area contributed by atoms with Crippen LogP contribution in [-0.2, 0) is 0 Å². The van der Waals surface area contributed by atoms with Crippen LogP contribution in [0.3, 0.4) is 0 Å². The fourth-order valence-electron chi connectivity index (χ4n) is 3.91. The predicted molar refractivity (Wildman–Crippen MR) is 119 cm³/mol. The lowest BCUT2D eigenvalue weighted by Gasteiger charge is -2.41. The summed E-state index contributed by atoms with van der Waals surface area (Å²) in [5.74, 6) is 0.184. The second-order valence-electron chi connectivity index (χ2n) is 7.87. The first-order valence-corrected chi connectivity index (χ1v) is 10.4. The number of rotatable bonds is 5. The molecule has 0 radical (unpaired) electrons. The quantitative estimate of drug-likeness (QED) is 0.608. The Kier molecular flexibility index (Phi) is 5.81. The summed E-state index contributed by atoms with van der Waals surface area (Å²) in [5.41, 5.74) is 2.65. The Bertz CT molecular complexity index is 1150. The van der Waals surface area contributed by atoms with Gasteiger partial charge < -0.3 is 14.9 Å². The van der Waals surface area contributed by atoms with Crippen molar-refractivity contribution in [3.63, 3.8) is 0 Å². The molecule has 3 heterocycles. The number of benzene rings is 1. The molecule has 1 fully saturated rings. The number of hydrogen-bond acceptors (Lipinski definition) is 8. The minimum absolute atomic E-state index is 0.0773. The lowest BCUT2D eigenvalue weighted by molar-refractivity contribution is 0.0689. The Hall–Kier alpha value is -3.88. The number of aromatic carboxylic acids is 1. The number of hydrogen-bond donors (Lipinski definition) is 1. The van der Waals surface area contributed by atoms with Crippen LogP contribution in [0.25, 0.3) is 0 Å². The third-order valence-corrected chi connectivity index (χ3v) is 5.83. The summed E-state index contributed by atoms with van der Waals surface area (Å²) in [6.07, 6.45) is 2.77. The van der Waals surface area contributed by atoms with Gasteiger partial charge in [0.15, 0.2) is 11.5 Å². The van der Waals surface area contributed by atoms with Crippen LogP contribution in [0.4, 0.5) is 11.6 Å². The van der Waals surface area contributed by atoms with Crippen molar-refractivity contribution < 1.29 is 14.7 Å². The summed E-state index contributed by atoms with van der Waals surface area (Å²) in [5, 5.41) is 17.7. The molecule has 1 N–H and O–H groups in total. The lowest BCUT2D eigenvalue weighted by Crippen LogP contribution is -2.53. The molecule has 0 amide bonds. The van der Waals surface area contributed by atoms with Crippen LogP contribution in [0.5, 0.6) is 0 Å². The van der Waals surface area contributed by atoms with Crippen molar-refractivity contribution in [3.8, 4) is 0 Å². The second-order valence-corrected chi connectivity index (χ2v) is 7.87. The fourth-order valence-corrected chi connectivity index (χ4v) is 3.91. The first kappa shape index (κ1) is 21.4. The molecule has 0 bridgehead atoms. The smallest absolute Gasteiger partial charge is 0.356 e. The summed E-state index contributed by atoms with van der Waals surface area (Å²) in [4.78, 5) is 36.3. The topological polar surface area (TPSA) is 112 Å². The number of nitrogens with zero attached hydrogens (tertiary/aromatic N) is 6. The van der Waals surface area contributed by atoms with Crippen molar-refractivity contribution in [3.05, 3.63) is 70.8 Å². The molecule has 1 saturated heterocycles. The molecule has 9 heteroatoms. The number of carbonyl (C=O) groups excluding carboxylic acids is 1. The zero-order valence-corrected chi connectivity index (χ0v) is 18.2. The summed E-state index contributed by atoms with van der Waals surface area (Å²) in [6.45, 7) is 7.99. The van der Waals surface area contributed by atoms with Gasteiger partial charge in [0.05, 0.1) is 12.4 Å². The van der Waals surface area contributed by atoms with Crippen LogP contribution in [0, 0.1) is 13.8 Å². The molecule has 4 rings (SSSR count). The predicted octanol–water partition coefficient (Wildman–Crippen LogP) is 2.53. The van der Waals surface area contributed by atoms with E-state index in [1.54, 1.807) is 12.1 Å². The first-order chi connectivity index (χ1) is 15.4. The van der Waals surface area contributed by atoms with Crippen molar-refractivity contribution in [2.75, 3.05) is 29.4 Å². The minimum atomic E-state index is -1.10. The van der Waals surface area contributed by atoms with Gasteiger partial charge in [0.25, 0.3) is 0 Å². The highest BCUT2D eigenvalue weighted by atomic mass is 16.4. The molecule has 1 atom stereocenters. The van der Waals surface area contributed by atoms with Gasteiger partial charge in [0.1, 0.15) is 11.5 Å². The van der Waals surface area contributed by atoms with E-state index in [2.05, 4.69) is 36.9 Å². The average Bonchev–Trinajstić information content (AvgIpc) is 2.81. The lowest BCUT2D eigenvalue weighted by atomic mass is 10.0. The van der Waals surface area contributed by atoms with E-state index in [4.69, 9.17) is 5.11 Å². The fraction of sp³-hybridized carbons (Fsp3) is 0.304. The Balaban J connectivity index is 1.52. The maximum atomic E-state index is 12.9. The second kappa shape index (κ2) is 8.70.